The molecule has 1 saturated heterocycles. The monoisotopic (exact) mass is 437 g/mol. The van der Waals surface area contributed by atoms with Gasteiger partial charge in [-0.25, -0.2) is 9.78 Å². The molecule has 11 nitrogen and oxygen atoms in total. The van der Waals surface area contributed by atoms with Crippen molar-refractivity contribution in [1.29, 1.82) is 0 Å². The fourth-order valence-corrected chi connectivity index (χ4v) is 4.80. The van der Waals surface area contributed by atoms with Gasteiger partial charge in [0.2, 0.25) is 6.41 Å². The summed E-state index contributed by atoms with van der Waals surface area (Å²) in [6, 6.07) is -0.929. The summed E-state index contributed by atoms with van der Waals surface area (Å²) in [6.45, 7) is 3.58. The molecule has 0 aromatic carbocycles. The molecular weight excluding hydrogens is 422 g/mol. The van der Waals surface area contributed by atoms with Crippen LogP contribution in [0.5, 0.6) is 0 Å². The molecule has 152 valence electrons. The second-order valence-electron chi connectivity index (χ2n) is 5.67. The Balaban J connectivity index is 1.78. The minimum Gasteiger partial charge on any atom is -0.477 e. The molecule has 3 N–H and O–H groups in total. The van der Waals surface area contributed by atoms with E-state index in [0.29, 0.717) is 17.7 Å². The highest BCUT2D eigenvalue weighted by Gasteiger charge is 2.54. The number of thiazole rings is 1. The summed E-state index contributed by atoms with van der Waals surface area (Å²) < 4.78 is 0. The molecule has 1 aromatic rings. The second-order valence-corrected chi connectivity index (χ2v) is 7.63. The van der Waals surface area contributed by atoms with Crippen molar-refractivity contribution in [3.8, 4) is 0 Å². The van der Waals surface area contributed by atoms with Crippen LogP contribution >= 0.6 is 23.1 Å². The maximum absolute atomic E-state index is 12.7. The number of nitrogens with one attached hydrogen (secondary N) is 2. The maximum Gasteiger partial charge on any atom is 0.352 e. The lowest BCUT2D eigenvalue weighted by Gasteiger charge is -2.49. The minimum absolute atomic E-state index is 0.130. The molecule has 0 saturated carbocycles. The van der Waals surface area contributed by atoms with Gasteiger partial charge in [-0.15, -0.1) is 23.1 Å². The van der Waals surface area contributed by atoms with Crippen LogP contribution in [0.15, 0.2) is 34.5 Å². The molecular formula is C16H15N5O6S2. The second kappa shape index (κ2) is 8.45. The molecule has 0 aliphatic carbocycles. The summed E-state index contributed by atoms with van der Waals surface area (Å²) in [5, 5.41) is 19.2. The predicted molar refractivity (Wildman–Crippen MR) is 105 cm³/mol. The molecule has 1 aromatic heterocycles. The topological polar surface area (TPSA) is 150 Å². The Labute approximate surface area is 172 Å². The largest absolute Gasteiger partial charge is 0.477 e. The molecule has 29 heavy (non-hydrogen) atoms. The van der Waals surface area contributed by atoms with Crippen LogP contribution in [0.4, 0.5) is 5.13 Å². The van der Waals surface area contributed by atoms with Crippen LogP contribution in [0.1, 0.15) is 5.69 Å². The zero-order chi connectivity index (χ0) is 21.1. The normalized spacial score (nSPS) is 21.1. The molecule has 0 bridgehead atoms. The van der Waals surface area contributed by atoms with E-state index in [1.165, 1.54) is 30.3 Å². The number of carbonyl (C=O) groups excluding carboxylic acids is 3. The number of β-lactam (4-membered cyclic amide) rings is 1. The number of carbonyl (C=O) groups is 4. The maximum atomic E-state index is 12.7. The van der Waals surface area contributed by atoms with Crippen LogP contribution in [0.3, 0.4) is 0 Å². The van der Waals surface area contributed by atoms with E-state index in [4.69, 9.17) is 4.84 Å². The van der Waals surface area contributed by atoms with Gasteiger partial charge < -0.3 is 20.6 Å². The SMILES string of the molecule is C=CC1=C(C(=O)O)N2C(=O)C(NC(=O)C(=NOC)c3csc(NC=O)n3)[C@H]2SC1. The van der Waals surface area contributed by atoms with Gasteiger partial charge in [0.1, 0.15) is 29.9 Å². The van der Waals surface area contributed by atoms with Crippen molar-refractivity contribution in [1.82, 2.24) is 15.2 Å². The van der Waals surface area contributed by atoms with Gasteiger partial charge in [-0.05, 0) is 5.57 Å². The van der Waals surface area contributed by atoms with E-state index in [-0.39, 0.29) is 22.2 Å². The molecule has 13 heteroatoms. The first-order valence-electron chi connectivity index (χ1n) is 8.04. The van der Waals surface area contributed by atoms with Crippen LogP contribution in [-0.2, 0) is 24.0 Å². The number of hydrogen-bond donors (Lipinski definition) is 3. The third-order valence-corrected chi connectivity index (χ3v) is 6.14. The Bertz CT molecular complexity index is 955. The fourth-order valence-electron chi connectivity index (χ4n) is 2.80. The first-order chi connectivity index (χ1) is 13.9. The van der Waals surface area contributed by atoms with Gasteiger partial charge in [0.05, 0.1) is 0 Å². The van der Waals surface area contributed by atoms with Gasteiger partial charge in [0.15, 0.2) is 10.8 Å². The number of carboxylic acids is 1. The molecule has 2 atom stereocenters. The van der Waals surface area contributed by atoms with E-state index < -0.39 is 29.2 Å². The molecule has 0 spiro atoms. The van der Waals surface area contributed by atoms with Gasteiger partial charge in [-0.2, -0.15) is 0 Å². The van der Waals surface area contributed by atoms with Gasteiger partial charge >= 0.3 is 5.97 Å². The number of thioether (sulfide) groups is 1. The number of hydrogen-bond acceptors (Lipinski definition) is 9. The Kier molecular flexibility index (Phi) is 5.98. The van der Waals surface area contributed by atoms with Crippen molar-refractivity contribution in [2.75, 3.05) is 18.2 Å². The molecule has 2 aliphatic rings. The van der Waals surface area contributed by atoms with Crippen molar-refractivity contribution < 1.29 is 29.1 Å². The summed E-state index contributed by atoms with van der Waals surface area (Å²) in [7, 11) is 1.25. The van der Waals surface area contributed by atoms with Crippen molar-refractivity contribution in [2.45, 2.75) is 11.4 Å². The van der Waals surface area contributed by atoms with E-state index in [1.54, 1.807) is 0 Å². The first kappa shape index (κ1) is 20.5. The summed E-state index contributed by atoms with van der Waals surface area (Å²) in [5.41, 5.74) is 0.277. The van der Waals surface area contributed by atoms with Crippen LogP contribution < -0.4 is 10.6 Å². The average molecular weight is 437 g/mol. The molecule has 3 amide bonds. The summed E-state index contributed by atoms with van der Waals surface area (Å²) >= 11 is 2.40. The molecule has 3 heterocycles. The van der Waals surface area contributed by atoms with Gasteiger partial charge in [-0.1, -0.05) is 17.8 Å². The van der Waals surface area contributed by atoms with E-state index in [2.05, 4.69) is 27.4 Å². The quantitative estimate of drug-likeness (QED) is 0.222. The number of carboxylic acid groups (broad SMARTS) is 1. The summed E-state index contributed by atoms with van der Waals surface area (Å²) in [5.74, 6) is -2.16. The van der Waals surface area contributed by atoms with Crippen LogP contribution in [-0.4, -0.2) is 69.2 Å². The van der Waals surface area contributed by atoms with Crippen molar-refractivity contribution in [3.63, 3.8) is 0 Å². The van der Waals surface area contributed by atoms with E-state index in [1.807, 2.05) is 0 Å². The molecule has 1 fully saturated rings. The van der Waals surface area contributed by atoms with Gasteiger partial charge in [-0.3, -0.25) is 19.3 Å². The number of allylic oxidation sites excluding steroid dienone is 1. The number of amides is 3. The first-order valence-corrected chi connectivity index (χ1v) is 9.97. The highest BCUT2D eigenvalue weighted by atomic mass is 32.2. The van der Waals surface area contributed by atoms with Crippen LogP contribution in [0, 0.1) is 0 Å². The Morgan fingerprint density at radius 3 is 2.90 bits per heavy atom. The summed E-state index contributed by atoms with van der Waals surface area (Å²) in [6.07, 6.45) is 1.85. The van der Waals surface area contributed by atoms with E-state index in [0.717, 1.165) is 16.2 Å². The zero-order valence-electron chi connectivity index (χ0n) is 14.9. The van der Waals surface area contributed by atoms with Gasteiger partial charge in [0, 0.05) is 11.1 Å². The van der Waals surface area contributed by atoms with Crippen molar-refractivity contribution in [2.24, 2.45) is 5.16 Å². The Morgan fingerprint density at radius 1 is 1.52 bits per heavy atom. The average Bonchev–Trinajstić information content (AvgIpc) is 3.17. The lowest BCUT2D eigenvalue weighted by atomic mass is 10.0. The number of oxime groups is 1. The number of rotatable bonds is 8. The van der Waals surface area contributed by atoms with Gasteiger partial charge in [0.25, 0.3) is 11.8 Å². The number of anilines is 1. The zero-order valence-corrected chi connectivity index (χ0v) is 16.6. The third-order valence-electron chi connectivity index (χ3n) is 4.06. The summed E-state index contributed by atoms with van der Waals surface area (Å²) in [4.78, 5) is 57.2. The molecule has 3 rings (SSSR count). The molecule has 0 radical (unpaired) electrons. The third kappa shape index (κ3) is 3.73. The Morgan fingerprint density at radius 2 is 2.28 bits per heavy atom. The Hall–Kier alpha value is -3.19. The van der Waals surface area contributed by atoms with Crippen LogP contribution in [0.25, 0.3) is 0 Å². The standard InChI is InChI=1S/C16H15N5O6S2/c1-3-7-4-28-14-10(13(24)21(14)11(7)15(25)26)19-12(23)9(20-27-2)8-5-29-16(18-8)17-6-22/h3,5-6,10,14H,1,4H2,2H3,(H,19,23)(H,25,26)(H,17,18,22)/t10?,14-/m1/s1. The van der Waals surface area contributed by atoms with Crippen molar-refractivity contribution in [3.05, 3.63) is 35.0 Å². The minimum atomic E-state index is -1.23. The number of aromatic nitrogens is 1. The highest BCUT2D eigenvalue weighted by Crippen LogP contribution is 2.40. The molecule has 2 aliphatic heterocycles. The highest BCUT2D eigenvalue weighted by molar-refractivity contribution is 8.00. The lowest BCUT2D eigenvalue weighted by molar-refractivity contribution is -0.150. The predicted octanol–water partition coefficient (Wildman–Crippen LogP) is -0.0135. The van der Waals surface area contributed by atoms with E-state index in [9.17, 15) is 24.3 Å². The molecule has 1 unspecified atom stereocenters. The number of fused-ring (bicyclic) bond motifs is 1. The van der Waals surface area contributed by atoms with Crippen molar-refractivity contribution >= 4 is 58.1 Å². The fraction of sp³-hybridized carbons (Fsp3) is 0.250. The van der Waals surface area contributed by atoms with E-state index >= 15 is 0 Å². The van der Waals surface area contributed by atoms with Crippen LogP contribution in [0.2, 0.25) is 0 Å². The smallest absolute Gasteiger partial charge is 0.352 e. The lowest BCUT2D eigenvalue weighted by Crippen LogP contribution is -2.71. The number of nitrogens with zero attached hydrogens (tertiary/aromatic N) is 3. The number of aliphatic carboxylic acids is 1.